The number of likely N-dealkylation sites (tertiary alicyclic amines) is 2. The van der Waals surface area contributed by atoms with E-state index in [1.165, 1.54) is 0 Å². The number of halogens is 2. The molecule has 66 heavy (non-hydrogen) atoms. The summed E-state index contributed by atoms with van der Waals surface area (Å²) in [6.07, 6.45) is 12.7. The van der Waals surface area contributed by atoms with Gasteiger partial charge in [0.25, 0.3) is 11.8 Å². The van der Waals surface area contributed by atoms with Gasteiger partial charge in [0.05, 0.1) is 12.0 Å². The fraction of sp³-hybridized carbons (Fsp3) is 0.340. The molecule has 0 radical (unpaired) electrons. The summed E-state index contributed by atoms with van der Waals surface area (Å²) >= 11 is 14.7. The number of rotatable bonds is 8. The van der Waals surface area contributed by atoms with Crippen LogP contribution in [-0.2, 0) is 15.6 Å². The topological polar surface area (TPSA) is 141 Å². The van der Waals surface area contributed by atoms with Gasteiger partial charge < -0.3 is 20.0 Å². The van der Waals surface area contributed by atoms with Crippen molar-refractivity contribution in [3.05, 3.63) is 136 Å². The molecule has 2 aromatic carbocycles. The molecule has 1 unspecified atom stereocenters. The molecule has 2 fully saturated rings. The van der Waals surface area contributed by atoms with E-state index in [1.807, 2.05) is 59.4 Å². The maximum atomic E-state index is 14.5. The highest BCUT2D eigenvalue weighted by molar-refractivity contribution is 6.35. The largest absolute Gasteiger partial charge is 0.481 e. The van der Waals surface area contributed by atoms with E-state index >= 15 is 0 Å². The van der Waals surface area contributed by atoms with E-state index in [1.54, 1.807) is 46.7 Å². The number of hydrogen-bond acceptors (Lipinski definition) is 7. The first kappa shape index (κ1) is 46.5. The summed E-state index contributed by atoms with van der Waals surface area (Å²) in [7, 11) is 0. The van der Waals surface area contributed by atoms with Crippen LogP contribution in [0.3, 0.4) is 0 Å². The molecule has 2 N–H and O–H groups in total. The second-order valence-corrected chi connectivity index (χ2v) is 20.3. The summed E-state index contributed by atoms with van der Waals surface area (Å²) in [4.78, 5) is 57.3. The highest BCUT2D eigenvalue weighted by atomic mass is 35.5. The minimum Gasteiger partial charge on any atom is -0.481 e. The molecule has 6 aromatic rings. The van der Waals surface area contributed by atoms with Gasteiger partial charge in [-0.05, 0) is 91.4 Å². The molecule has 0 saturated carbocycles. The summed E-state index contributed by atoms with van der Waals surface area (Å²) in [5, 5.41) is 20.7. The molecule has 2 saturated heterocycles. The predicted octanol–water partition coefficient (Wildman–Crippen LogP) is 10.3. The zero-order valence-corrected chi connectivity index (χ0v) is 39.7. The van der Waals surface area contributed by atoms with Crippen LogP contribution in [-0.4, -0.2) is 85.0 Å². The summed E-state index contributed by atoms with van der Waals surface area (Å²) < 4.78 is 1.91. The molecule has 11 nitrogen and oxygen atoms in total. The van der Waals surface area contributed by atoms with E-state index in [4.69, 9.17) is 28.2 Å². The molecule has 1 atom stereocenters. The number of benzene rings is 2. The first-order chi connectivity index (χ1) is 31.3. The summed E-state index contributed by atoms with van der Waals surface area (Å²) in [6, 6.07) is 20.9. The second kappa shape index (κ2) is 18.7. The summed E-state index contributed by atoms with van der Waals surface area (Å²) in [5.74, 6) is -1.97. The minimum absolute atomic E-state index is 0.143. The van der Waals surface area contributed by atoms with Crippen molar-refractivity contribution in [3.8, 4) is 50.2 Å². The minimum atomic E-state index is -0.906. The number of aromatic nitrogens is 4. The van der Waals surface area contributed by atoms with Gasteiger partial charge in [0.2, 0.25) is 5.69 Å². The number of carboxylic acid groups (broad SMARTS) is 1. The van der Waals surface area contributed by atoms with Gasteiger partial charge in [-0.1, -0.05) is 70.8 Å². The van der Waals surface area contributed by atoms with Gasteiger partial charge in [-0.15, -0.1) is 0 Å². The Balaban J connectivity index is 1.29. The Kier molecular flexibility index (Phi) is 13.2. The van der Waals surface area contributed by atoms with Gasteiger partial charge in [-0.2, -0.15) is 4.57 Å². The molecule has 0 spiro atoms. The zero-order valence-electron chi connectivity index (χ0n) is 38.2. The van der Waals surface area contributed by atoms with Crippen LogP contribution in [0.4, 0.5) is 0 Å². The van der Waals surface area contributed by atoms with Crippen molar-refractivity contribution >= 4 is 41.0 Å². The van der Waals surface area contributed by atoms with Gasteiger partial charge in [0, 0.05) is 129 Å². The third-order valence-electron chi connectivity index (χ3n) is 12.6. The number of nitrogens with zero attached hydrogens (tertiary/aromatic N) is 6. The van der Waals surface area contributed by atoms with Crippen molar-refractivity contribution in [3.63, 3.8) is 0 Å². The maximum absolute atomic E-state index is 14.5. The fourth-order valence-corrected chi connectivity index (χ4v) is 9.22. The number of carbonyl (C=O) groups is 3. The maximum Gasteiger partial charge on any atom is 0.308 e. The van der Waals surface area contributed by atoms with Gasteiger partial charge in [0.15, 0.2) is 12.4 Å². The third kappa shape index (κ3) is 10.0. The Morgan fingerprint density at radius 3 is 1.89 bits per heavy atom. The number of carbonyl (C=O) groups excluding carboxylic acids is 2. The number of carboxylic acids is 1. The Hall–Kier alpha value is -6.01. The molecular weight excluding hydrogens is 872 g/mol. The van der Waals surface area contributed by atoms with E-state index in [0.717, 1.165) is 33.6 Å². The SMILES string of the molecule is CC(C)(C)c1cc(-c2cncc(-c3cc(C(=O)N4CCC(O)CC4)cc(-[n+]4cc(-c5ccnc(C(C)(C)C)c5)cc(-c5ccc(C(=O)N6CCCC(C(=O)O)C6)cc5Cl)c4)c3Cl)c2)ccn1. The van der Waals surface area contributed by atoms with Gasteiger partial charge in [0.1, 0.15) is 5.02 Å². The van der Waals surface area contributed by atoms with Crippen LogP contribution in [0, 0.1) is 5.92 Å². The van der Waals surface area contributed by atoms with Gasteiger partial charge in [-0.25, -0.2) is 0 Å². The lowest BCUT2D eigenvalue weighted by atomic mass is 9.90. The number of pyridine rings is 4. The molecule has 2 aliphatic heterocycles. The van der Waals surface area contributed by atoms with E-state index < -0.39 is 18.0 Å². The highest BCUT2D eigenvalue weighted by Gasteiger charge is 2.31. The molecule has 13 heteroatoms. The van der Waals surface area contributed by atoms with Crippen molar-refractivity contribution < 1.29 is 29.2 Å². The Labute approximate surface area is 396 Å². The third-order valence-corrected chi connectivity index (χ3v) is 13.3. The van der Waals surface area contributed by atoms with Crippen molar-refractivity contribution in [2.24, 2.45) is 5.92 Å². The van der Waals surface area contributed by atoms with E-state index in [2.05, 4.69) is 63.6 Å². The second-order valence-electron chi connectivity index (χ2n) is 19.5. The molecule has 0 aliphatic carbocycles. The van der Waals surface area contributed by atoms with Crippen molar-refractivity contribution in [1.82, 2.24) is 24.8 Å². The van der Waals surface area contributed by atoms with E-state index in [0.29, 0.717) is 94.4 Å². The van der Waals surface area contributed by atoms with Crippen molar-refractivity contribution in [2.45, 2.75) is 84.2 Å². The molecule has 2 amide bonds. The van der Waals surface area contributed by atoms with E-state index in [-0.39, 0.29) is 29.2 Å². The summed E-state index contributed by atoms with van der Waals surface area (Å²) in [6.45, 7) is 14.1. The smallest absolute Gasteiger partial charge is 0.308 e. The fourth-order valence-electron chi connectivity index (χ4n) is 8.62. The van der Waals surface area contributed by atoms with Crippen LogP contribution in [0.25, 0.3) is 50.2 Å². The molecule has 4 aromatic heterocycles. The highest BCUT2D eigenvalue weighted by Crippen LogP contribution is 2.38. The average Bonchev–Trinajstić information content (AvgIpc) is 3.30. The quantitative estimate of drug-likeness (QED) is 0.144. The Bertz CT molecular complexity index is 2850. The van der Waals surface area contributed by atoms with Crippen LogP contribution in [0.1, 0.15) is 99.3 Å². The monoisotopic (exact) mass is 925 g/mol. The first-order valence-corrected chi connectivity index (χ1v) is 23.2. The molecule has 2 aliphatic rings. The van der Waals surface area contributed by atoms with Gasteiger partial charge in [-0.3, -0.25) is 29.3 Å². The molecule has 340 valence electrons. The number of aliphatic carboxylic acids is 1. The number of piperidine rings is 2. The van der Waals surface area contributed by atoms with Crippen LogP contribution >= 0.6 is 23.2 Å². The van der Waals surface area contributed by atoms with Crippen LogP contribution in [0.2, 0.25) is 10.0 Å². The summed E-state index contributed by atoms with van der Waals surface area (Å²) in [5.41, 5.74) is 8.97. The lowest BCUT2D eigenvalue weighted by molar-refractivity contribution is -0.594. The van der Waals surface area contributed by atoms with E-state index in [9.17, 15) is 24.6 Å². The average molecular weight is 927 g/mol. The Morgan fingerprint density at radius 1 is 0.652 bits per heavy atom. The molecule has 6 heterocycles. The standard InChI is InChI=1S/C53H54Cl2N6O5/c1-52(2,3)46-25-32(11-15-57-46)37-20-38(28-56-27-37)43-22-36(50(64)59-18-13-41(62)14-19-59)24-45(48(43)55)61-30-39(33-12-16-58-47(26-33)53(4,5)6)21-40(31-61)42-10-9-34(23-44(42)54)49(63)60-17-7-8-35(29-60)51(65)66/h9-12,15-16,20-28,30-31,35,41,62H,7-8,13-14,17-19,29H2,1-6H3/p+1. The molecule has 8 rings (SSSR count). The lowest BCUT2D eigenvalue weighted by Crippen LogP contribution is -2.42. The van der Waals surface area contributed by atoms with Crippen LogP contribution < -0.4 is 4.57 Å². The van der Waals surface area contributed by atoms with Crippen molar-refractivity contribution in [1.29, 1.82) is 0 Å². The van der Waals surface area contributed by atoms with Gasteiger partial charge >= 0.3 is 5.97 Å². The first-order valence-electron chi connectivity index (χ1n) is 22.4. The number of aliphatic hydroxyl groups excluding tert-OH is 1. The number of aliphatic hydroxyl groups is 1. The molecular formula is C53H55Cl2N6O5+. The Morgan fingerprint density at radius 2 is 1.26 bits per heavy atom. The van der Waals surface area contributed by atoms with Crippen molar-refractivity contribution in [2.75, 3.05) is 26.2 Å². The number of amides is 2. The van der Waals surface area contributed by atoms with Crippen LogP contribution in [0.15, 0.2) is 104 Å². The van der Waals surface area contributed by atoms with Crippen LogP contribution in [0.5, 0.6) is 0 Å². The normalized spacial score (nSPS) is 16.0. The predicted molar refractivity (Wildman–Crippen MR) is 258 cm³/mol. The molecule has 0 bridgehead atoms. The zero-order chi connectivity index (χ0) is 47.1. The lowest BCUT2D eigenvalue weighted by Gasteiger charge is -2.30. The number of hydrogen-bond donors (Lipinski definition) is 2.